The first-order chi connectivity index (χ1) is 9.63. The number of hydrogen-bond acceptors (Lipinski definition) is 6. The van der Waals surface area contributed by atoms with Gasteiger partial charge in [-0.1, -0.05) is 0 Å². The Hall–Kier alpha value is -1.62. The molecule has 1 aliphatic heterocycles. The minimum absolute atomic E-state index is 0.00706. The maximum absolute atomic E-state index is 11.7. The Morgan fingerprint density at radius 1 is 1.55 bits per heavy atom. The molecule has 1 rings (SSSR count). The van der Waals surface area contributed by atoms with Gasteiger partial charge in [-0.2, -0.15) is 5.26 Å². The van der Waals surface area contributed by atoms with Crippen LogP contribution in [0.2, 0.25) is 0 Å². The number of aliphatic hydroxyl groups is 1. The molecule has 1 heterocycles. The first kappa shape index (κ1) is 16.4. The molecule has 7 heteroatoms. The monoisotopic (exact) mass is 282 g/mol. The summed E-state index contributed by atoms with van der Waals surface area (Å²) in [5, 5.41) is 23.4. The zero-order valence-electron chi connectivity index (χ0n) is 11.8. The van der Waals surface area contributed by atoms with Crippen LogP contribution in [0.15, 0.2) is 11.8 Å². The highest BCUT2D eigenvalue weighted by molar-refractivity contribution is 5.97. The summed E-state index contributed by atoms with van der Waals surface area (Å²) >= 11 is 0. The lowest BCUT2D eigenvalue weighted by Gasteiger charge is -2.26. The number of nitrogens with one attached hydrogen (secondary N) is 2. The normalized spacial score (nSPS) is 18.1. The van der Waals surface area contributed by atoms with E-state index in [1.807, 2.05) is 6.07 Å². The highest BCUT2D eigenvalue weighted by Gasteiger charge is 2.12. The van der Waals surface area contributed by atoms with Gasteiger partial charge in [0.25, 0.3) is 5.91 Å². The maximum Gasteiger partial charge on any atom is 0.263 e. The lowest BCUT2D eigenvalue weighted by atomic mass is 10.3. The largest absolute Gasteiger partial charge is 0.392 e. The summed E-state index contributed by atoms with van der Waals surface area (Å²) in [4.78, 5) is 13.9. The smallest absolute Gasteiger partial charge is 0.263 e. The van der Waals surface area contributed by atoms with Crippen LogP contribution in [0.5, 0.6) is 0 Å². The van der Waals surface area contributed by atoms with Crippen LogP contribution in [-0.4, -0.2) is 68.0 Å². The number of carbonyl (C=O) groups excluding carboxylic acids is 1. The average molecular weight is 282 g/mol. The Bertz CT molecular complexity index is 370. The summed E-state index contributed by atoms with van der Waals surface area (Å²) in [5.74, 6) is -0.404. The van der Waals surface area contributed by atoms with Gasteiger partial charge < -0.3 is 20.5 Å². The molecule has 1 fully saturated rings. The van der Waals surface area contributed by atoms with Gasteiger partial charge in [0.15, 0.2) is 0 Å². The van der Waals surface area contributed by atoms with Crippen molar-refractivity contribution in [3.8, 4) is 6.07 Å². The van der Waals surface area contributed by atoms with E-state index in [9.17, 15) is 4.79 Å². The van der Waals surface area contributed by atoms with Crippen LogP contribution >= 0.6 is 0 Å². The number of hydrogen-bond donors (Lipinski definition) is 3. The SMILES string of the molecule is CC(O)CN/C=C(/C#N)C(=O)NCCN1CCOCC1. The van der Waals surface area contributed by atoms with Gasteiger partial charge in [0.05, 0.1) is 19.3 Å². The first-order valence-corrected chi connectivity index (χ1v) is 6.73. The number of aliphatic hydroxyl groups excluding tert-OH is 1. The second-order valence-electron chi connectivity index (χ2n) is 4.64. The van der Waals surface area contributed by atoms with Gasteiger partial charge in [0, 0.05) is 38.9 Å². The summed E-state index contributed by atoms with van der Waals surface area (Å²) in [6.45, 7) is 6.34. The third kappa shape index (κ3) is 6.52. The zero-order chi connectivity index (χ0) is 14.8. The minimum atomic E-state index is -0.532. The van der Waals surface area contributed by atoms with Gasteiger partial charge in [-0.3, -0.25) is 9.69 Å². The van der Waals surface area contributed by atoms with E-state index in [1.54, 1.807) is 6.92 Å². The molecular formula is C13H22N4O3. The van der Waals surface area contributed by atoms with Crippen LogP contribution in [0.1, 0.15) is 6.92 Å². The summed E-state index contributed by atoms with van der Waals surface area (Å²) in [6.07, 6.45) is 0.798. The van der Waals surface area contributed by atoms with Crippen LogP contribution in [0, 0.1) is 11.3 Å². The highest BCUT2D eigenvalue weighted by Crippen LogP contribution is 1.95. The van der Waals surface area contributed by atoms with Gasteiger partial charge in [0.1, 0.15) is 11.6 Å². The van der Waals surface area contributed by atoms with Crippen LogP contribution in [0.4, 0.5) is 0 Å². The second kappa shape index (κ2) is 9.31. The van der Waals surface area contributed by atoms with E-state index in [4.69, 9.17) is 15.1 Å². The summed E-state index contributed by atoms with van der Waals surface area (Å²) in [5.41, 5.74) is 0.00706. The molecule has 0 aromatic carbocycles. The quantitative estimate of drug-likeness (QED) is 0.401. The zero-order valence-corrected chi connectivity index (χ0v) is 11.8. The molecule has 1 amide bonds. The fraction of sp³-hybridized carbons (Fsp3) is 0.692. The number of amides is 1. The molecule has 7 nitrogen and oxygen atoms in total. The van der Waals surface area contributed by atoms with E-state index in [2.05, 4.69) is 15.5 Å². The first-order valence-electron chi connectivity index (χ1n) is 6.73. The fourth-order valence-electron chi connectivity index (χ4n) is 1.73. The molecule has 20 heavy (non-hydrogen) atoms. The highest BCUT2D eigenvalue weighted by atomic mass is 16.5. The lowest BCUT2D eigenvalue weighted by Crippen LogP contribution is -2.41. The van der Waals surface area contributed by atoms with Crippen LogP contribution in [0.25, 0.3) is 0 Å². The Balaban J connectivity index is 2.26. The average Bonchev–Trinajstić information content (AvgIpc) is 2.44. The van der Waals surface area contributed by atoms with Crippen molar-refractivity contribution in [1.29, 1.82) is 5.26 Å². The van der Waals surface area contributed by atoms with Crippen molar-refractivity contribution in [1.82, 2.24) is 15.5 Å². The molecule has 0 aromatic heterocycles. The number of nitrogens with zero attached hydrogens (tertiary/aromatic N) is 2. The Morgan fingerprint density at radius 3 is 2.85 bits per heavy atom. The molecule has 0 aliphatic carbocycles. The van der Waals surface area contributed by atoms with E-state index in [0.717, 1.165) is 32.8 Å². The molecule has 0 aromatic rings. The Kier molecular flexibility index (Phi) is 7.65. The maximum atomic E-state index is 11.7. The number of ether oxygens (including phenoxy) is 1. The molecular weight excluding hydrogens is 260 g/mol. The summed E-state index contributed by atoms with van der Waals surface area (Å²) in [6, 6.07) is 1.84. The van der Waals surface area contributed by atoms with Crippen molar-refractivity contribution in [2.75, 3.05) is 45.9 Å². The molecule has 0 bridgehead atoms. The van der Waals surface area contributed by atoms with Gasteiger partial charge >= 0.3 is 0 Å². The molecule has 1 atom stereocenters. The van der Waals surface area contributed by atoms with Crippen LogP contribution < -0.4 is 10.6 Å². The van der Waals surface area contributed by atoms with Crippen molar-refractivity contribution in [3.63, 3.8) is 0 Å². The lowest BCUT2D eigenvalue weighted by molar-refractivity contribution is -0.117. The molecule has 3 N–H and O–H groups in total. The van der Waals surface area contributed by atoms with Crippen molar-refractivity contribution in [3.05, 3.63) is 11.8 Å². The van der Waals surface area contributed by atoms with Gasteiger partial charge in [0.2, 0.25) is 0 Å². The van der Waals surface area contributed by atoms with E-state index >= 15 is 0 Å². The molecule has 112 valence electrons. The van der Waals surface area contributed by atoms with E-state index < -0.39 is 12.0 Å². The number of rotatable bonds is 7. The van der Waals surface area contributed by atoms with Crippen LogP contribution in [0.3, 0.4) is 0 Å². The van der Waals surface area contributed by atoms with Crippen molar-refractivity contribution >= 4 is 5.91 Å². The Labute approximate surface area is 119 Å². The number of nitriles is 1. The third-order valence-electron chi connectivity index (χ3n) is 2.84. The van der Waals surface area contributed by atoms with E-state index in [0.29, 0.717) is 13.1 Å². The van der Waals surface area contributed by atoms with Crippen LogP contribution in [-0.2, 0) is 9.53 Å². The predicted octanol–water partition coefficient (Wildman–Crippen LogP) is -1.19. The molecule has 1 unspecified atom stereocenters. The van der Waals surface area contributed by atoms with E-state index in [-0.39, 0.29) is 5.57 Å². The number of morpholine rings is 1. The molecule has 1 saturated heterocycles. The van der Waals surface area contributed by atoms with Crippen molar-refractivity contribution in [2.24, 2.45) is 0 Å². The molecule has 0 spiro atoms. The number of carbonyl (C=O) groups is 1. The summed E-state index contributed by atoms with van der Waals surface area (Å²) in [7, 11) is 0. The van der Waals surface area contributed by atoms with Gasteiger partial charge in [-0.05, 0) is 6.92 Å². The topological polar surface area (TPSA) is 97.6 Å². The molecule has 0 saturated carbocycles. The standard InChI is InChI=1S/C13H22N4O3/c1-11(18)9-15-10-12(8-14)13(19)16-2-3-17-4-6-20-7-5-17/h10-11,15,18H,2-7,9H2,1H3,(H,16,19)/b12-10-. The Morgan fingerprint density at radius 2 is 2.25 bits per heavy atom. The predicted molar refractivity (Wildman–Crippen MR) is 73.6 cm³/mol. The summed E-state index contributed by atoms with van der Waals surface area (Å²) < 4.78 is 5.24. The second-order valence-corrected chi connectivity index (χ2v) is 4.64. The van der Waals surface area contributed by atoms with Crippen molar-refractivity contribution < 1.29 is 14.6 Å². The van der Waals surface area contributed by atoms with Gasteiger partial charge in [-0.25, -0.2) is 0 Å². The molecule has 0 radical (unpaired) electrons. The third-order valence-corrected chi connectivity index (χ3v) is 2.84. The van der Waals surface area contributed by atoms with Crippen molar-refractivity contribution in [2.45, 2.75) is 13.0 Å². The van der Waals surface area contributed by atoms with Gasteiger partial charge in [-0.15, -0.1) is 0 Å². The fourth-order valence-corrected chi connectivity index (χ4v) is 1.73. The minimum Gasteiger partial charge on any atom is -0.392 e. The molecule has 1 aliphatic rings. The van der Waals surface area contributed by atoms with E-state index in [1.165, 1.54) is 6.20 Å².